The Morgan fingerprint density at radius 2 is 1.70 bits per heavy atom. The molecule has 2 aromatic rings. The highest BCUT2D eigenvalue weighted by molar-refractivity contribution is 7.98. The van der Waals surface area contributed by atoms with Gasteiger partial charge in [-0.15, -0.1) is 11.8 Å². The lowest BCUT2D eigenvalue weighted by Crippen LogP contribution is -2.55. The molecule has 4 aliphatic rings. The largest absolute Gasteiger partial charge is 0.465 e. The molecule has 0 aliphatic heterocycles. The maximum absolute atomic E-state index is 13.2. The van der Waals surface area contributed by atoms with Crippen LogP contribution in [0.2, 0.25) is 0 Å². The number of nitrogens with zero attached hydrogens (tertiary/aromatic N) is 2. The topological polar surface area (TPSA) is 73.2 Å². The summed E-state index contributed by atoms with van der Waals surface area (Å²) in [5.41, 5.74) is 1.91. The summed E-state index contributed by atoms with van der Waals surface area (Å²) in [6.45, 7) is 0. The summed E-state index contributed by atoms with van der Waals surface area (Å²) in [6, 6.07) is 7.36. The van der Waals surface area contributed by atoms with Gasteiger partial charge in [-0.05, 0) is 86.3 Å². The number of carbonyl (C=O) groups is 2. The van der Waals surface area contributed by atoms with Crippen molar-refractivity contribution in [1.82, 2.24) is 15.1 Å². The van der Waals surface area contributed by atoms with Crippen LogP contribution in [-0.2, 0) is 4.74 Å². The van der Waals surface area contributed by atoms with Gasteiger partial charge in [0.15, 0.2) is 0 Å². The van der Waals surface area contributed by atoms with Gasteiger partial charge in [-0.1, -0.05) is 0 Å². The third kappa shape index (κ3) is 3.33. The summed E-state index contributed by atoms with van der Waals surface area (Å²) in [5, 5.41) is 8.67. The summed E-state index contributed by atoms with van der Waals surface area (Å²) in [5.74, 6) is 2.67. The number of hydrogen-bond acceptors (Lipinski definition) is 5. The molecule has 0 saturated heterocycles. The van der Waals surface area contributed by atoms with Gasteiger partial charge in [0, 0.05) is 6.04 Å². The van der Waals surface area contributed by atoms with Crippen molar-refractivity contribution < 1.29 is 14.3 Å². The number of thioether (sulfide) groups is 1. The van der Waals surface area contributed by atoms with E-state index in [0.717, 1.165) is 22.5 Å². The molecule has 0 atom stereocenters. The third-order valence-corrected chi connectivity index (χ3v) is 8.00. The summed E-state index contributed by atoms with van der Waals surface area (Å²) in [7, 11) is 1.37. The zero-order chi connectivity index (χ0) is 20.8. The number of amides is 1. The molecule has 0 unspecified atom stereocenters. The standard InChI is InChI=1S/C23H27N3O3S/c1-29-23(28)15-3-5-18(6-4-15)26-22(30-2)19(12-24-26)21(27)25-20-16-8-13-7-14(10-16)11-17(20)9-13/h3-6,12-14,16-17,20H,7-11H2,1-2H3,(H,25,27). The minimum atomic E-state index is -0.372. The Labute approximate surface area is 180 Å². The summed E-state index contributed by atoms with van der Waals surface area (Å²) in [6.07, 6.45) is 10.1. The van der Waals surface area contributed by atoms with E-state index >= 15 is 0 Å². The van der Waals surface area contributed by atoms with Gasteiger partial charge in [0.1, 0.15) is 5.03 Å². The Bertz CT molecular complexity index is 941. The highest BCUT2D eigenvalue weighted by atomic mass is 32.2. The van der Waals surface area contributed by atoms with Crippen LogP contribution < -0.4 is 5.32 Å². The molecule has 1 aromatic heterocycles. The molecule has 1 amide bonds. The number of benzene rings is 1. The molecule has 1 N–H and O–H groups in total. The first kappa shape index (κ1) is 19.7. The van der Waals surface area contributed by atoms with Gasteiger partial charge in [-0.2, -0.15) is 5.10 Å². The molecular weight excluding hydrogens is 398 g/mol. The van der Waals surface area contributed by atoms with Crippen molar-refractivity contribution in [2.24, 2.45) is 23.7 Å². The van der Waals surface area contributed by atoms with Crippen LogP contribution in [0.3, 0.4) is 0 Å². The fourth-order valence-electron chi connectivity index (χ4n) is 6.12. The van der Waals surface area contributed by atoms with Crippen LogP contribution in [0.15, 0.2) is 35.5 Å². The average Bonchev–Trinajstić information content (AvgIpc) is 3.19. The number of esters is 1. The van der Waals surface area contributed by atoms with Crippen molar-refractivity contribution in [2.75, 3.05) is 13.4 Å². The maximum Gasteiger partial charge on any atom is 0.337 e. The minimum absolute atomic E-state index is 0.0192. The Kier molecular flexibility index (Phi) is 5.09. The smallest absolute Gasteiger partial charge is 0.337 e. The van der Waals surface area contributed by atoms with E-state index in [-0.39, 0.29) is 11.9 Å². The molecule has 6 nitrogen and oxygen atoms in total. The highest BCUT2D eigenvalue weighted by Crippen LogP contribution is 2.53. The molecule has 6 rings (SSSR count). The molecule has 7 heteroatoms. The Morgan fingerprint density at radius 1 is 1.07 bits per heavy atom. The van der Waals surface area contributed by atoms with E-state index in [1.165, 1.54) is 51.0 Å². The van der Waals surface area contributed by atoms with E-state index in [1.807, 2.05) is 18.4 Å². The Morgan fingerprint density at radius 3 is 2.27 bits per heavy atom. The molecule has 30 heavy (non-hydrogen) atoms. The second kappa shape index (κ2) is 7.76. The quantitative estimate of drug-likeness (QED) is 0.580. The number of methoxy groups -OCH3 is 1. The van der Waals surface area contributed by atoms with E-state index in [4.69, 9.17) is 4.74 Å². The van der Waals surface area contributed by atoms with E-state index in [2.05, 4.69) is 10.4 Å². The monoisotopic (exact) mass is 425 g/mol. The van der Waals surface area contributed by atoms with E-state index < -0.39 is 0 Å². The average molecular weight is 426 g/mol. The van der Waals surface area contributed by atoms with Gasteiger partial charge in [-0.25, -0.2) is 9.48 Å². The van der Waals surface area contributed by atoms with Crippen LogP contribution >= 0.6 is 11.8 Å². The van der Waals surface area contributed by atoms with Crippen molar-refractivity contribution in [2.45, 2.75) is 43.2 Å². The van der Waals surface area contributed by atoms with Crippen LogP contribution in [0.5, 0.6) is 0 Å². The van der Waals surface area contributed by atoms with Gasteiger partial charge in [0.2, 0.25) is 0 Å². The predicted octanol–water partition coefficient (Wildman–Crippen LogP) is 3.94. The fraction of sp³-hybridized carbons (Fsp3) is 0.522. The number of hydrogen-bond donors (Lipinski definition) is 1. The molecule has 0 radical (unpaired) electrons. The molecule has 0 spiro atoms. The van der Waals surface area contributed by atoms with Crippen molar-refractivity contribution in [3.05, 3.63) is 41.6 Å². The number of ether oxygens (including phenoxy) is 1. The summed E-state index contributed by atoms with van der Waals surface area (Å²) < 4.78 is 6.52. The predicted molar refractivity (Wildman–Crippen MR) is 115 cm³/mol. The van der Waals surface area contributed by atoms with Crippen LogP contribution in [-0.4, -0.2) is 41.1 Å². The van der Waals surface area contributed by atoms with Gasteiger partial charge in [0.05, 0.1) is 30.1 Å². The molecule has 4 saturated carbocycles. The first-order valence-electron chi connectivity index (χ1n) is 10.7. The van der Waals surface area contributed by atoms with Gasteiger partial charge in [0.25, 0.3) is 5.91 Å². The second-order valence-electron chi connectivity index (χ2n) is 8.95. The van der Waals surface area contributed by atoms with Crippen molar-refractivity contribution in [3.8, 4) is 5.69 Å². The zero-order valence-electron chi connectivity index (χ0n) is 17.3. The second-order valence-corrected chi connectivity index (χ2v) is 9.74. The zero-order valence-corrected chi connectivity index (χ0v) is 18.2. The first-order valence-corrected chi connectivity index (χ1v) is 11.9. The molecule has 4 aliphatic carbocycles. The van der Waals surface area contributed by atoms with Gasteiger partial charge in [-0.3, -0.25) is 4.79 Å². The SMILES string of the molecule is COC(=O)c1ccc(-n2ncc(C(=O)NC3C4CC5CC(C4)CC3C5)c2SC)cc1. The van der Waals surface area contributed by atoms with Crippen LogP contribution in [0.25, 0.3) is 5.69 Å². The number of nitrogens with one attached hydrogen (secondary N) is 1. The molecule has 1 heterocycles. The molecular formula is C23H27N3O3S. The van der Waals surface area contributed by atoms with Crippen LogP contribution in [0.1, 0.15) is 52.8 Å². The van der Waals surface area contributed by atoms with Crippen molar-refractivity contribution in [1.29, 1.82) is 0 Å². The van der Waals surface area contributed by atoms with Gasteiger partial charge < -0.3 is 10.1 Å². The number of rotatable bonds is 5. The lowest BCUT2D eigenvalue weighted by molar-refractivity contribution is -0.0120. The van der Waals surface area contributed by atoms with Crippen LogP contribution in [0, 0.1) is 23.7 Å². The normalized spacial score (nSPS) is 29.1. The molecule has 4 bridgehead atoms. The molecule has 158 valence electrons. The summed E-state index contributed by atoms with van der Waals surface area (Å²) >= 11 is 1.51. The Balaban J connectivity index is 1.36. The Hall–Kier alpha value is -2.28. The van der Waals surface area contributed by atoms with Gasteiger partial charge >= 0.3 is 5.97 Å². The van der Waals surface area contributed by atoms with E-state index in [1.54, 1.807) is 23.0 Å². The number of aromatic nitrogens is 2. The molecule has 1 aromatic carbocycles. The van der Waals surface area contributed by atoms with E-state index in [9.17, 15) is 9.59 Å². The minimum Gasteiger partial charge on any atom is -0.465 e. The highest BCUT2D eigenvalue weighted by Gasteiger charge is 2.48. The van der Waals surface area contributed by atoms with E-state index in [0.29, 0.717) is 29.0 Å². The lowest BCUT2D eigenvalue weighted by atomic mass is 9.54. The van der Waals surface area contributed by atoms with Crippen LogP contribution in [0.4, 0.5) is 0 Å². The maximum atomic E-state index is 13.2. The fourth-order valence-corrected chi connectivity index (χ4v) is 6.81. The summed E-state index contributed by atoms with van der Waals surface area (Å²) in [4.78, 5) is 24.9. The molecule has 4 fully saturated rings. The van der Waals surface area contributed by atoms with Crippen molar-refractivity contribution in [3.63, 3.8) is 0 Å². The lowest BCUT2D eigenvalue weighted by Gasteiger charge is -2.54. The third-order valence-electron chi connectivity index (χ3n) is 7.22. The number of carbonyl (C=O) groups excluding carboxylic acids is 2. The first-order chi connectivity index (χ1) is 14.6. The van der Waals surface area contributed by atoms with Crippen molar-refractivity contribution >= 4 is 23.6 Å².